The van der Waals surface area contributed by atoms with Crippen LogP contribution in [0.2, 0.25) is 0 Å². The van der Waals surface area contributed by atoms with Crippen molar-refractivity contribution in [3.63, 3.8) is 0 Å². The highest BCUT2D eigenvalue weighted by molar-refractivity contribution is 5.80. The molecule has 162 valence electrons. The summed E-state index contributed by atoms with van der Waals surface area (Å²) >= 11 is 0. The zero-order valence-electron chi connectivity index (χ0n) is 17.4. The monoisotopic (exact) mass is 409 g/mol. The second-order valence-electron chi connectivity index (χ2n) is 7.29. The van der Waals surface area contributed by atoms with E-state index in [1.165, 1.54) is 6.07 Å². The zero-order chi connectivity index (χ0) is 20.5. The molecule has 0 bridgehead atoms. The average molecular weight is 410 g/mol. The van der Waals surface area contributed by atoms with Crippen molar-refractivity contribution in [1.29, 1.82) is 0 Å². The lowest BCUT2D eigenvalue weighted by Gasteiger charge is -2.34. The summed E-state index contributed by atoms with van der Waals surface area (Å²) in [4.78, 5) is 6.66. The molecule has 0 radical (unpaired) electrons. The van der Waals surface area contributed by atoms with E-state index < -0.39 is 0 Å². The van der Waals surface area contributed by atoms with E-state index in [4.69, 9.17) is 18.9 Å². The van der Waals surface area contributed by atoms with E-state index in [9.17, 15) is 4.39 Å². The number of ether oxygens (including phenoxy) is 4. The highest BCUT2D eigenvalue weighted by Crippen LogP contribution is 2.29. The Bertz CT molecular complexity index is 678. The predicted molar refractivity (Wildman–Crippen MR) is 109 cm³/mol. The van der Waals surface area contributed by atoms with Gasteiger partial charge in [0.05, 0.1) is 12.7 Å². The van der Waals surface area contributed by atoms with Gasteiger partial charge >= 0.3 is 0 Å². The number of nitrogens with zero attached hydrogens (tertiary/aromatic N) is 2. The Kier molecular flexibility index (Phi) is 8.52. The minimum atomic E-state index is -0.259. The summed E-state index contributed by atoms with van der Waals surface area (Å²) in [6, 6.07) is 3.02. The predicted octanol–water partition coefficient (Wildman–Crippen LogP) is 2.33. The molecular formula is C21H32FN3O4. The summed E-state index contributed by atoms with van der Waals surface area (Å²) in [6.45, 7) is 4.55. The van der Waals surface area contributed by atoms with Gasteiger partial charge in [-0.25, -0.2) is 4.39 Å². The Labute approximate surface area is 172 Å². The number of hydrogen-bond acceptors (Lipinski definition) is 5. The summed E-state index contributed by atoms with van der Waals surface area (Å²) < 4.78 is 35.7. The van der Waals surface area contributed by atoms with Gasteiger partial charge in [-0.2, -0.15) is 0 Å². The standard InChI is InChI=1S/C21H32FN3O4/c1-23-21(25-8-5-19(6-9-25)28-11-3-10-26-2)24-7-4-16-12-18(22)13-17-14-27-15-29-20(16)17/h12-13,19H,3-11,14-15H2,1-2H3,(H,23,24). The molecular weight excluding hydrogens is 377 g/mol. The van der Waals surface area contributed by atoms with Crippen LogP contribution < -0.4 is 10.1 Å². The van der Waals surface area contributed by atoms with Gasteiger partial charge in [0.1, 0.15) is 11.6 Å². The molecule has 0 aliphatic carbocycles. The van der Waals surface area contributed by atoms with Crippen LogP contribution in [-0.2, 0) is 27.2 Å². The number of rotatable bonds is 8. The first-order valence-electron chi connectivity index (χ1n) is 10.3. The van der Waals surface area contributed by atoms with E-state index in [1.807, 2.05) is 0 Å². The first-order chi connectivity index (χ1) is 14.2. The van der Waals surface area contributed by atoms with E-state index in [-0.39, 0.29) is 12.6 Å². The number of likely N-dealkylation sites (tertiary alicyclic amines) is 1. The van der Waals surface area contributed by atoms with E-state index in [1.54, 1.807) is 20.2 Å². The van der Waals surface area contributed by atoms with Gasteiger partial charge in [-0.1, -0.05) is 0 Å². The minimum absolute atomic E-state index is 0.212. The number of piperidine rings is 1. The maximum Gasteiger partial charge on any atom is 0.193 e. The van der Waals surface area contributed by atoms with Crippen LogP contribution in [0.25, 0.3) is 0 Å². The van der Waals surface area contributed by atoms with Gasteiger partial charge in [-0.3, -0.25) is 4.99 Å². The van der Waals surface area contributed by atoms with Crippen LogP contribution in [0.3, 0.4) is 0 Å². The largest absolute Gasteiger partial charge is 0.467 e. The fourth-order valence-electron chi connectivity index (χ4n) is 3.77. The Morgan fingerprint density at radius 1 is 1.31 bits per heavy atom. The lowest BCUT2D eigenvalue weighted by Crippen LogP contribution is -2.47. The van der Waals surface area contributed by atoms with Crippen molar-refractivity contribution in [2.45, 2.75) is 38.4 Å². The molecule has 3 rings (SSSR count). The van der Waals surface area contributed by atoms with Crippen LogP contribution in [-0.4, -0.2) is 70.8 Å². The molecule has 0 saturated carbocycles. The highest BCUT2D eigenvalue weighted by atomic mass is 19.1. The molecule has 0 atom stereocenters. The Balaban J connectivity index is 1.44. The Morgan fingerprint density at radius 3 is 2.90 bits per heavy atom. The summed E-state index contributed by atoms with van der Waals surface area (Å²) in [6.07, 6.45) is 3.86. The SMILES string of the molecule is CN=C(NCCc1cc(F)cc2c1OCOC2)N1CCC(OCCCOC)CC1. The van der Waals surface area contributed by atoms with Crippen molar-refractivity contribution in [3.05, 3.63) is 29.1 Å². The number of halogens is 1. The normalized spacial score (nSPS) is 17.8. The average Bonchev–Trinajstić information content (AvgIpc) is 2.75. The van der Waals surface area contributed by atoms with Crippen LogP contribution >= 0.6 is 0 Å². The van der Waals surface area contributed by atoms with Gasteiger partial charge in [-0.15, -0.1) is 0 Å². The number of aliphatic imine (C=N–C) groups is 1. The third-order valence-electron chi connectivity index (χ3n) is 5.23. The smallest absolute Gasteiger partial charge is 0.193 e. The second kappa shape index (κ2) is 11.3. The number of hydrogen-bond donors (Lipinski definition) is 1. The molecule has 8 heteroatoms. The first kappa shape index (κ1) is 21.8. The van der Waals surface area contributed by atoms with E-state index >= 15 is 0 Å². The molecule has 0 spiro atoms. The summed E-state index contributed by atoms with van der Waals surface area (Å²) in [5, 5.41) is 3.40. The molecule has 1 fully saturated rings. The van der Waals surface area contributed by atoms with Crippen LogP contribution in [0, 0.1) is 5.82 Å². The van der Waals surface area contributed by atoms with Crippen molar-refractivity contribution < 1.29 is 23.3 Å². The summed E-state index contributed by atoms with van der Waals surface area (Å²) in [5.74, 6) is 1.36. The quantitative estimate of drug-likeness (QED) is 0.404. The van der Waals surface area contributed by atoms with E-state index in [0.717, 1.165) is 68.4 Å². The molecule has 7 nitrogen and oxygen atoms in total. The van der Waals surface area contributed by atoms with Crippen molar-refractivity contribution in [3.8, 4) is 5.75 Å². The number of fused-ring (bicyclic) bond motifs is 1. The van der Waals surface area contributed by atoms with Gasteiger partial charge in [0, 0.05) is 52.6 Å². The lowest BCUT2D eigenvalue weighted by molar-refractivity contribution is -0.0172. The van der Waals surface area contributed by atoms with Crippen molar-refractivity contribution in [2.24, 2.45) is 4.99 Å². The van der Waals surface area contributed by atoms with Gasteiger partial charge in [0.15, 0.2) is 12.8 Å². The van der Waals surface area contributed by atoms with E-state index in [0.29, 0.717) is 25.7 Å². The molecule has 1 aromatic rings. The molecule has 0 unspecified atom stereocenters. The molecule has 1 N–H and O–H groups in total. The number of benzene rings is 1. The van der Waals surface area contributed by atoms with Gasteiger partial charge in [0.25, 0.3) is 0 Å². The van der Waals surface area contributed by atoms with Crippen molar-refractivity contribution >= 4 is 5.96 Å². The second-order valence-corrected chi connectivity index (χ2v) is 7.29. The third-order valence-corrected chi connectivity index (χ3v) is 5.23. The van der Waals surface area contributed by atoms with Crippen molar-refractivity contribution in [1.82, 2.24) is 10.2 Å². The molecule has 0 amide bonds. The lowest BCUT2D eigenvalue weighted by atomic mass is 10.1. The van der Waals surface area contributed by atoms with Gasteiger partial charge in [-0.05, 0) is 43.4 Å². The third kappa shape index (κ3) is 6.29. The maximum absolute atomic E-state index is 13.9. The number of guanidine groups is 1. The molecule has 0 aromatic heterocycles. The molecule has 1 saturated heterocycles. The Hall–Kier alpha value is -1.90. The number of nitrogens with one attached hydrogen (secondary N) is 1. The molecule has 2 heterocycles. The van der Waals surface area contributed by atoms with Crippen LogP contribution in [0.4, 0.5) is 4.39 Å². The van der Waals surface area contributed by atoms with Crippen LogP contribution in [0.5, 0.6) is 5.75 Å². The zero-order valence-corrected chi connectivity index (χ0v) is 17.4. The topological polar surface area (TPSA) is 64.6 Å². The maximum atomic E-state index is 13.9. The van der Waals surface area contributed by atoms with Crippen molar-refractivity contribution in [2.75, 3.05) is 53.8 Å². The molecule has 29 heavy (non-hydrogen) atoms. The van der Waals surface area contributed by atoms with Gasteiger partial charge < -0.3 is 29.2 Å². The fraction of sp³-hybridized carbons (Fsp3) is 0.667. The fourth-order valence-corrected chi connectivity index (χ4v) is 3.77. The van der Waals surface area contributed by atoms with E-state index in [2.05, 4.69) is 15.2 Å². The Morgan fingerprint density at radius 2 is 2.14 bits per heavy atom. The summed E-state index contributed by atoms with van der Waals surface area (Å²) in [5.41, 5.74) is 1.62. The minimum Gasteiger partial charge on any atom is -0.467 e. The van der Waals surface area contributed by atoms with Gasteiger partial charge in [0.2, 0.25) is 0 Å². The molecule has 2 aliphatic heterocycles. The molecule has 1 aromatic carbocycles. The first-order valence-corrected chi connectivity index (χ1v) is 10.3. The van der Waals surface area contributed by atoms with Crippen LogP contribution in [0.15, 0.2) is 17.1 Å². The number of methoxy groups -OCH3 is 1. The molecule has 2 aliphatic rings. The summed E-state index contributed by atoms with van der Waals surface area (Å²) in [7, 11) is 3.50. The van der Waals surface area contributed by atoms with Crippen LogP contribution in [0.1, 0.15) is 30.4 Å². The highest BCUT2D eigenvalue weighted by Gasteiger charge is 2.22.